The van der Waals surface area contributed by atoms with E-state index in [4.69, 9.17) is 21.1 Å². The Hall–Kier alpha value is -3.26. The highest BCUT2D eigenvalue weighted by Gasteiger charge is 2.15. The summed E-state index contributed by atoms with van der Waals surface area (Å²) in [6, 6.07) is 8.06. The minimum absolute atomic E-state index is 0.107. The lowest BCUT2D eigenvalue weighted by molar-refractivity contribution is 0.409. The summed E-state index contributed by atoms with van der Waals surface area (Å²) in [7, 11) is 1.55. The molecule has 0 radical (unpaired) electrons. The molecule has 2 aromatic heterocycles. The fourth-order valence-corrected chi connectivity index (χ4v) is 2.78. The molecule has 0 aliphatic carbocycles. The van der Waals surface area contributed by atoms with Crippen molar-refractivity contribution in [3.8, 4) is 28.8 Å². The van der Waals surface area contributed by atoms with Crippen molar-refractivity contribution in [3.63, 3.8) is 0 Å². The number of hydrogen-bond donors (Lipinski definition) is 1. The number of aromatic amines is 1. The number of ether oxygens (including phenoxy) is 2. The summed E-state index contributed by atoms with van der Waals surface area (Å²) < 4.78 is 37.1. The quantitative estimate of drug-likeness (QED) is 0.546. The molecule has 0 aliphatic heterocycles. The molecule has 0 fully saturated rings. The Morgan fingerprint density at radius 3 is 2.70 bits per heavy atom. The van der Waals surface area contributed by atoms with E-state index >= 15 is 0 Å². The molecule has 0 aliphatic rings. The Labute approximate surface area is 156 Å². The highest BCUT2D eigenvalue weighted by Crippen LogP contribution is 2.34. The Bertz CT molecular complexity index is 1150. The van der Waals surface area contributed by atoms with Gasteiger partial charge in [0.1, 0.15) is 17.3 Å². The summed E-state index contributed by atoms with van der Waals surface area (Å²) in [4.78, 5) is 8.23. The molecule has 2 aromatic carbocycles. The highest BCUT2D eigenvalue weighted by atomic mass is 35.5. The summed E-state index contributed by atoms with van der Waals surface area (Å²) in [5, 5.41) is 8.06. The molecule has 0 unspecified atom stereocenters. The fraction of sp³-hybridized carbons (Fsp3) is 0.0556. The fourth-order valence-electron chi connectivity index (χ4n) is 2.52. The lowest BCUT2D eigenvalue weighted by Crippen LogP contribution is -1.94. The zero-order valence-electron chi connectivity index (χ0n) is 13.8. The summed E-state index contributed by atoms with van der Waals surface area (Å²) in [5.41, 5.74) is 1.60. The van der Waals surface area contributed by atoms with Gasteiger partial charge in [-0.15, -0.1) is 0 Å². The molecule has 27 heavy (non-hydrogen) atoms. The Kier molecular flexibility index (Phi) is 4.33. The number of benzene rings is 2. The molecule has 0 atom stereocenters. The zero-order valence-corrected chi connectivity index (χ0v) is 14.6. The molecule has 0 saturated carbocycles. The van der Waals surface area contributed by atoms with Crippen LogP contribution in [-0.2, 0) is 0 Å². The van der Waals surface area contributed by atoms with E-state index < -0.39 is 11.6 Å². The van der Waals surface area contributed by atoms with Gasteiger partial charge in [0.25, 0.3) is 0 Å². The highest BCUT2D eigenvalue weighted by molar-refractivity contribution is 6.33. The number of nitrogens with one attached hydrogen (secondary N) is 1. The largest absolute Gasteiger partial charge is 0.497 e. The molecule has 4 rings (SSSR count). The van der Waals surface area contributed by atoms with Gasteiger partial charge < -0.3 is 9.47 Å². The second-order valence-corrected chi connectivity index (χ2v) is 5.92. The van der Waals surface area contributed by atoms with Crippen LogP contribution in [0.15, 0.2) is 42.6 Å². The molecule has 9 heteroatoms. The van der Waals surface area contributed by atoms with Gasteiger partial charge in [-0.1, -0.05) is 11.6 Å². The predicted molar refractivity (Wildman–Crippen MR) is 95.1 cm³/mol. The number of methoxy groups -OCH3 is 1. The van der Waals surface area contributed by atoms with Gasteiger partial charge >= 0.3 is 6.01 Å². The summed E-state index contributed by atoms with van der Waals surface area (Å²) in [6.07, 6.45) is 1.48. The van der Waals surface area contributed by atoms with Crippen LogP contribution < -0.4 is 9.47 Å². The van der Waals surface area contributed by atoms with Crippen molar-refractivity contribution >= 4 is 22.6 Å². The number of fused-ring (bicyclic) bond motifs is 1. The first kappa shape index (κ1) is 17.2. The van der Waals surface area contributed by atoms with Gasteiger partial charge in [-0.05, 0) is 30.3 Å². The van der Waals surface area contributed by atoms with Crippen molar-refractivity contribution in [1.29, 1.82) is 0 Å². The Morgan fingerprint density at radius 2 is 1.96 bits per heavy atom. The molecule has 0 bridgehead atoms. The van der Waals surface area contributed by atoms with Gasteiger partial charge in [0.05, 0.1) is 17.5 Å². The number of H-pyrrole nitrogens is 1. The molecule has 4 aromatic rings. The number of aromatic nitrogens is 4. The maximum absolute atomic E-state index is 13.7. The second-order valence-electron chi connectivity index (χ2n) is 5.51. The molecule has 6 nitrogen and oxygen atoms in total. The third-order valence-corrected chi connectivity index (χ3v) is 4.13. The normalized spacial score (nSPS) is 11.0. The van der Waals surface area contributed by atoms with E-state index in [0.29, 0.717) is 39.1 Å². The van der Waals surface area contributed by atoms with Crippen molar-refractivity contribution in [3.05, 3.63) is 59.3 Å². The van der Waals surface area contributed by atoms with E-state index in [1.165, 1.54) is 6.20 Å². The number of hydrogen-bond acceptors (Lipinski definition) is 5. The maximum Gasteiger partial charge on any atom is 0.324 e. The van der Waals surface area contributed by atoms with Crippen molar-refractivity contribution in [2.24, 2.45) is 0 Å². The van der Waals surface area contributed by atoms with E-state index in [1.54, 1.807) is 25.3 Å². The monoisotopic (exact) mass is 388 g/mol. The van der Waals surface area contributed by atoms with E-state index in [2.05, 4.69) is 20.2 Å². The first-order chi connectivity index (χ1) is 13.0. The summed E-state index contributed by atoms with van der Waals surface area (Å²) in [6.45, 7) is 0. The molecular formula is C18H11ClF2N4O2. The minimum atomic E-state index is -0.853. The summed E-state index contributed by atoms with van der Waals surface area (Å²) >= 11 is 6.30. The molecule has 0 spiro atoms. The van der Waals surface area contributed by atoms with Crippen LogP contribution in [0.25, 0.3) is 22.3 Å². The van der Waals surface area contributed by atoms with Gasteiger partial charge in [-0.2, -0.15) is 10.1 Å². The third-order valence-electron chi connectivity index (χ3n) is 3.82. The standard InChI is InChI=1S/C18H11ClF2N4O2/c1-26-10-3-4-11(13(19)7-10)16-12-8-22-18(23-17(12)25-24-16)27-15-5-2-9(20)6-14(15)21/h2-8H,1H3,(H,22,23,24,25). The lowest BCUT2D eigenvalue weighted by Gasteiger charge is -2.06. The van der Waals surface area contributed by atoms with Crippen LogP contribution in [0.4, 0.5) is 8.78 Å². The molecule has 1 N–H and O–H groups in total. The SMILES string of the molecule is COc1ccc(-c2n[nH]c3nc(Oc4ccc(F)cc4F)ncc23)c(Cl)c1. The molecule has 0 amide bonds. The maximum atomic E-state index is 13.7. The Balaban J connectivity index is 1.69. The third kappa shape index (κ3) is 3.26. The van der Waals surface area contributed by atoms with Crippen molar-refractivity contribution in [1.82, 2.24) is 20.2 Å². The van der Waals surface area contributed by atoms with Crippen molar-refractivity contribution in [2.75, 3.05) is 7.11 Å². The van der Waals surface area contributed by atoms with Crippen LogP contribution >= 0.6 is 11.6 Å². The van der Waals surface area contributed by atoms with Crippen LogP contribution in [0, 0.1) is 11.6 Å². The van der Waals surface area contributed by atoms with E-state index in [0.717, 1.165) is 12.1 Å². The number of nitrogens with zero attached hydrogens (tertiary/aromatic N) is 3. The zero-order chi connectivity index (χ0) is 19.0. The van der Waals surface area contributed by atoms with E-state index in [-0.39, 0.29) is 11.8 Å². The van der Waals surface area contributed by atoms with Crippen LogP contribution in [0.5, 0.6) is 17.5 Å². The van der Waals surface area contributed by atoms with Crippen LogP contribution in [-0.4, -0.2) is 27.3 Å². The van der Waals surface area contributed by atoms with Gasteiger partial charge in [-0.3, -0.25) is 5.10 Å². The first-order valence-corrected chi connectivity index (χ1v) is 8.11. The van der Waals surface area contributed by atoms with Gasteiger partial charge in [0.2, 0.25) is 0 Å². The van der Waals surface area contributed by atoms with Gasteiger partial charge in [0.15, 0.2) is 17.2 Å². The lowest BCUT2D eigenvalue weighted by atomic mass is 10.1. The minimum Gasteiger partial charge on any atom is -0.497 e. The molecule has 136 valence electrons. The second kappa shape index (κ2) is 6.81. The summed E-state index contributed by atoms with van der Waals surface area (Å²) in [5.74, 6) is -1.12. The van der Waals surface area contributed by atoms with Crippen molar-refractivity contribution in [2.45, 2.75) is 0 Å². The molecule has 2 heterocycles. The molecular weight excluding hydrogens is 378 g/mol. The van der Waals surface area contributed by atoms with Gasteiger partial charge in [0, 0.05) is 17.8 Å². The predicted octanol–water partition coefficient (Wildman–Crippen LogP) is 4.75. The van der Waals surface area contributed by atoms with Crippen LogP contribution in [0.3, 0.4) is 0 Å². The Morgan fingerprint density at radius 1 is 1.11 bits per heavy atom. The van der Waals surface area contributed by atoms with E-state index in [9.17, 15) is 8.78 Å². The smallest absolute Gasteiger partial charge is 0.324 e. The number of rotatable bonds is 4. The number of halogens is 3. The van der Waals surface area contributed by atoms with Gasteiger partial charge in [-0.25, -0.2) is 13.8 Å². The van der Waals surface area contributed by atoms with Crippen LogP contribution in [0.1, 0.15) is 0 Å². The topological polar surface area (TPSA) is 72.9 Å². The average molecular weight is 389 g/mol. The molecule has 0 saturated heterocycles. The van der Waals surface area contributed by atoms with Crippen LogP contribution in [0.2, 0.25) is 5.02 Å². The van der Waals surface area contributed by atoms with E-state index in [1.807, 2.05) is 0 Å². The first-order valence-electron chi connectivity index (χ1n) is 7.73. The van der Waals surface area contributed by atoms with Crippen molar-refractivity contribution < 1.29 is 18.3 Å². The average Bonchev–Trinajstić information content (AvgIpc) is 3.07.